The smallest absolute Gasteiger partial charge is 0.352 e. The Morgan fingerprint density at radius 1 is 0.778 bits per heavy atom. The highest BCUT2D eigenvalue weighted by Crippen LogP contribution is 2.41. The predicted octanol–water partition coefficient (Wildman–Crippen LogP) is 0.0638. The monoisotopic (exact) mass is 538 g/mol. The van der Waals surface area contributed by atoms with Gasteiger partial charge in [-0.15, -0.1) is 23.5 Å². The van der Waals surface area contributed by atoms with Crippen LogP contribution >= 0.6 is 23.5 Å². The molecule has 4 amide bonds. The zero-order valence-corrected chi connectivity index (χ0v) is 21.2. The molecule has 4 atom stereocenters. The molecule has 4 rings (SSSR count). The summed E-state index contributed by atoms with van der Waals surface area (Å²) < 4.78 is 0. The van der Waals surface area contributed by atoms with Crippen LogP contribution in [0, 0.1) is 0 Å². The summed E-state index contributed by atoms with van der Waals surface area (Å²) in [6.45, 7) is 3.33. The molecule has 0 radical (unpaired) electrons. The summed E-state index contributed by atoms with van der Waals surface area (Å²) in [5, 5.41) is 23.2. The van der Waals surface area contributed by atoms with E-state index in [1.807, 2.05) is 0 Å². The molecule has 2 fully saturated rings. The average molecular weight is 539 g/mol. The molecule has 0 aromatic carbocycles. The van der Waals surface area contributed by atoms with E-state index in [4.69, 9.17) is 0 Å². The standard InChI is InChI=1S/C22H26N4O8S2/c1-9-7-35-19-13(17(29)25(19)15(9)21(31)32)23-11(27)5-3-4-6-12(28)24-14-18(30)26-16(22(33)34)10(2)8-36-20(14)26/h13-14,19-20H,3-8H2,1-2H3,(H,23,27)(H,24,28)(H,31,32)(H,33,34)/t13-,14-,19-,20-/m1/s1. The van der Waals surface area contributed by atoms with Crippen LogP contribution < -0.4 is 10.6 Å². The van der Waals surface area contributed by atoms with Crippen LogP contribution in [0.1, 0.15) is 39.5 Å². The second-order valence-corrected chi connectivity index (χ2v) is 11.2. The van der Waals surface area contributed by atoms with Crippen molar-refractivity contribution < 1.29 is 39.0 Å². The van der Waals surface area contributed by atoms with Gasteiger partial charge in [-0.25, -0.2) is 9.59 Å². The van der Waals surface area contributed by atoms with Crippen LogP contribution in [0.2, 0.25) is 0 Å². The number of β-lactam (4-membered cyclic amide) rings is 2. The van der Waals surface area contributed by atoms with E-state index in [-0.39, 0.29) is 36.1 Å². The summed E-state index contributed by atoms with van der Waals surface area (Å²) in [5.74, 6) is -3.02. The lowest BCUT2D eigenvalue weighted by molar-refractivity contribution is -0.150. The highest BCUT2D eigenvalue weighted by Gasteiger charge is 2.54. The third-order valence-electron chi connectivity index (χ3n) is 6.41. The molecule has 0 aromatic rings. The fourth-order valence-electron chi connectivity index (χ4n) is 4.61. The summed E-state index contributed by atoms with van der Waals surface area (Å²) in [7, 11) is 0. The maximum absolute atomic E-state index is 12.4. The Kier molecular flexibility index (Phi) is 7.36. The molecule has 0 saturated carbocycles. The summed E-state index contributed by atoms with van der Waals surface area (Å²) in [5.41, 5.74) is 1.16. The number of nitrogens with one attached hydrogen (secondary N) is 2. The van der Waals surface area contributed by atoms with Gasteiger partial charge in [-0.3, -0.25) is 29.0 Å². The van der Waals surface area contributed by atoms with Crippen LogP contribution in [0.4, 0.5) is 0 Å². The second kappa shape index (κ2) is 10.2. The molecule has 14 heteroatoms. The summed E-state index contributed by atoms with van der Waals surface area (Å²) in [6.07, 6.45) is 0.954. The van der Waals surface area contributed by atoms with Crippen molar-refractivity contribution in [2.45, 2.75) is 62.4 Å². The Morgan fingerprint density at radius 2 is 1.14 bits per heavy atom. The molecule has 0 aliphatic carbocycles. The van der Waals surface area contributed by atoms with Gasteiger partial charge in [-0.05, 0) is 37.8 Å². The van der Waals surface area contributed by atoms with Gasteiger partial charge in [0, 0.05) is 24.3 Å². The zero-order chi connectivity index (χ0) is 26.3. The Hall–Kier alpha value is -3.00. The molecule has 0 spiro atoms. The van der Waals surface area contributed by atoms with E-state index in [2.05, 4.69) is 10.6 Å². The van der Waals surface area contributed by atoms with Crippen molar-refractivity contribution in [1.29, 1.82) is 0 Å². The van der Waals surface area contributed by atoms with Crippen LogP contribution in [0.25, 0.3) is 0 Å². The Balaban J connectivity index is 1.18. The first-order chi connectivity index (χ1) is 17.0. The number of thioether (sulfide) groups is 2. The Labute approximate surface area is 214 Å². The molecular weight excluding hydrogens is 512 g/mol. The number of nitrogens with zero attached hydrogens (tertiary/aromatic N) is 2. The number of carbonyl (C=O) groups is 6. The van der Waals surface area contributed by atoms with Gasteiger partial charge < -0.3 is 20.8 Å². The molecule has 0 bridgehead atoms. The average Bonchev–Trinajstić information content (AvgIpc) is 2.82. The lowest BCUT2D eigenvalue weighted by atomic mass is 10.0. The summed E-state index contributed by atoms with van der Waals surface area (Å²) in [4.78, 5) is 74.8. The maximum Gasteiger partial charge on any atom is 0.352 e. The highest BCUT2D eigenvalue weighted by atomic mass is 32.2. The second-order valence-electron chi connectivity index (χ2n) is 8.99. The normalized spacial score (nSPS) is 27.1. The van der Waals surface area contributed by atoms with E-state index < -0.39 is 46.6 Å². The molecule has 0 aromatic heterocycles. The van der Waals surface area contributed by atoms with Crippen molar-refractivity contribution in [3.05, 3.63) is 22.5 Å². The number of aliphatic carboxylic acids is 2. The number of rotatable bonds is 9. The zero-order valence-electron chi connectivity index (χ0n) is 19.6. The van der Waals surface area contributed by atoms with Crippen LogP contribution in [-0.2, 0) is 28.8 Å². The van der Waals surface area contributed by atoms with Crippen molar-refractivity contribution in [1.82, 2.24) is 20.4 Å². The SMILES string of the molecule is CC1=C(C(=O)O)N2C(=O)[C@@H](NC(=O)CCCCC(=O)N[C@@H]3C(=O)N4C(C(=O)O)=C(C)CS[C@H]34)[C@H]2SC1. The Morgan fingerprint density at radius 3 is 1.47 bits per heavy atom. The highest BCUT2D eigenvalue weighted by molar-refractivity contribution is 8.00. The first-order valence-corrected chi connectivity index (χ1v) is 13.5. The number of hydrogen-bond acceptors (Lipinski definition) is 8. The van der Waals surface area contributed by atoms with Gasteiger partial charge in [0.15, 0.2) is 0 Å². The van der Waals surface area contributed by atoms with Gasteiger partial charge in [-0.1, -0.05) is 0 Å². The van der Waals surface area contributed by atoms with E-state index in [1.165, 1.54) is 33.3 Å². The van der Waals surface area contributed by atoms with E-state index in [9.17, 15) is 39.0 Å². The van der Waals surface area contributed by atoms with Gasteiger partial charge >= 0.3 is 11.9 Å². The predicted molar refractivity (Wildman–Crippen MR) is 129 cm³/mol. The van der Waals surface area contributed by atoms with Crippen molar-refractivity contribution in [3.8, 4) is 0 Å². The number of unbranched alkanes of at least 4 members (excludes halogenated alkanes) is 1. The molecule has 4 aliphatic heterocycles. The number of carboxylic acid groups (broad SMARTS) is 2. The minimum absolute atomic E-state index is 0.0229. The number of carboxylic acids is 2. The Bertz CT molecular complexity index is 1030. The van der Waals surface area contributed by atoms with Crippen molar-refractivity contribution in [3.63, 3.8) is 0 Å². The minimum Gasteiger partial charge on any atom is -0.477 e. The van der Waals surface area contributed by atoms with Crippen LogP contribution in [0.15, 0.2) is 22.5 Å². The fraction of sp³-hybridized carbons (Fsp3) is 0.545. The molecule has 12 nitrogen and oxygen atoms in total. The van der Waals surface area contributed by atoms with Gasteiger partial charge in [0.2, 0.25) is 11.8 Å². The topological polar surface area (TPSA) is 173 Å². The van der Waals surface area contributed by atoms with Gasteiger partial charge in [0.1, 0.15) is 34.2 Å². The van der Waals surface area contributed by atoms with Crippen LogP contribution in [0.5, 0.6) is 0 Å². The molecule has 194 valence electrons. The van der Waals surface area contributed by atoms with E-state index in [0.29, 0.717) is 35.5 Å². The molecule has 2 saturated heterocycles. The fourth-order valence-corrected chi connectivity index (χ4v) is 7.20. The quantitative estimate of drug-likeness (QED) is 0.232. The van der Waals surface area contributed by atoms with E-state index in [1.54, 1.807) is 13.8 Å². The summed E-state index contributed by atoms with van der Waals surface area (Å²) in [6, 6.07) is -1.55. The van der Waals surface area contributed by atoms with Crippen molar-refractivity contribution in [2.75, 3.05) is 11.5 Å². The molecule has 0 unspecified atom stereocenters. The summed E-state index contributed by atoms with van der Waals surface area (Å²) >= 11 is 2.80. The molecule has 4 N–H and O–H groups in total. The largest absolute Gasteiger partial charge is 0.477 e. The van der Waals surface area contributed by atoms with E-state index in [0.717, 1.165) is 0 Å². The number of fused-ring (bicyclic) bond motifs is 2. The van der Waals surface area contributed by atoms with Gasteiger partial charge in [0.25, 0.3) is 11.8 Å². The van der Waals surface area contributed by atoms with Gasteiger partial charge in [0.05, 0.1) is 0 Å². The molecule has 4 heterocycles. The van der Waals surface area contributed by atoms with Crippen molar-refractivity contribution >= 4 is 59.1 Å². The number of amides is 4. The minimum atomic E-state index is -1.17. The maximum atomic E-state index is 12.4. The first kappa shape index (κ1) is 26.1. The third kappa shape index (κ3) is 4.59. The third-order valence-corrected chi connectivity index (χ3v) is 9.26. The van der Waals surface area contributed by atoms with Gasteiger partial charge in [-0.2, -0.15) is 0 Å². The lowest BCUT2D eigenvalue weighted by Gasteiger charge is -2.49. The van der Waals surface area contributed by atoms with Crippen molar-refractivity contribution in [2.24, 2.45) is 0 Å². The van der Waals surface area contributed by atoms with Crippen LogP contribution in [0.3, 0.4) is 0 Å². The lowest BCUT2D eigenvalue weighted by Crippen LogP contribution is -2.70. The van der Waals surface area contributed by atoms with E-state index >= 15 is 0 Å². The molecule has 4 aliphatic rings. The molecule has 36 heavy (non-hydrogen) atoms. The number of hydrogen-bond donors (Lipinski definition) is 4. The molecular formula is C22H26N4O8S2. The van der Waals surface area contributed by atoms with Crippen LogP contribution in [-0.4, -0.2) is 89.9 Å². The number of carbonyl (C=O) groups excluding carboxylic acids is 4. The first-order valence-electron chi connectivity index (χ1n) is 11.4.